The maximum atomic E-state index is 12.3. The summed E-state index contributed by atoms with van der Waals surface area (Å²) < 4.78 is 20.2. The van der Waals surface area contributed by atoms with Gasteiger partial charge in [-0.1, -0.05) is 70.4 Å². The molecule has 11 nitrogen and oxygen atoms in total. The van der Waals surface area contributed by atoms with Gasteiger partial charge in [0.05, 0.1) is 19.3 Å². The number of fused-ring (bicyclic) bond motifs is 2. The molecular weight excluding hydrogens is 855 g/mol. The van der Waals surface area contributed by atoms with Crippen molar-refractivity contribution in [3.63, 3.8) is 0 Å². The summed E-state index contributed by atoms with van der Waals surface area (Å²) in [7, 11) is 1.71. The Morgan fingerprint density at radius 3 is 2.43 bits per heavy atom. The topological polar surface area (TPSA) is 179 Å². The third-order valence-corrected chi connectivity index (χ3v) is 17.6. The molecule has 0 amide bonds. The van der Waals surface area contributed by atoms with Crippen LogP contribution in [0.4, 0.5) is 0 Å². The van der Waals surface area contributed by atoms with Gasteiger partial charge in [0, 0.05) is 61.1 Å². The SMILES string of the molecule is CCC1CC2C=CC1CC(O)CC1(CCCC1)CN=C(N)NCC1C=CC3CCC(CO)C1C3Oc1cc(ccc1O)C1Oc3cc(OC)c4c(c3CC1O)C2Cc1cc(O)c(CC(C)C)cc1-4. The highest BCUT2D eigenvalue weighted by atomic mass is 16.5. The fourth-order valence-corrected chi connectivity index (χ4v) is 14.2. The lowest BCUT2D eigenvalue weighted by Crippen LogP contribution is -2.51. The van der Waals surface area contributed by atoms with Crippen molar-refractivity contribution in [3.8, 4) is 39.9 Å². The summed E-state index contributed by atoms with van der Waals surface area (Å²) in [6.07, 6.45) is 17.9. The number of aliphatic hydroxyl groups is 3. The zero-order valence-electron chi connectivity index (χ0n) is 40.6. The molecule has 5 aliphatic carbocycles. The van der Waals surface area contributed by atoms with Crippen molar-refractivity contribution in [1.82, 2.24) is 5.32 Å². The molecule has 2 fully saturated rings. The molecule has 11 heteroatoms. The second-order valence-electron chi connectivity index (χ2n) is 22.3. The van der Waals surface area contributed by atoms with Crippen LogP contribution in [0, 0.1) is 52.8 Å². The number of hydrogen-bond acceptors (Lipinski definition) is 11. The average molecular weight is 930 g/mol. The molecule has 12 unspecified atom stereocenters. The van der Waals surface area contributed by atoms with Gasteiger partial charge in [-0.05, 0) is 151 Å². The van der Waals surface area contributed by atoms with E-state index in [4.69, 9.17) is 24.9 Å². The van der Waals surface area contributed by atoms with Crippen LogP contribution in [0.5, 0.6) is 28.7 Å². The zero-order chi connectivity index (χ0) is 47.4. The molecule has 3 aromatic rings. The number of nitrogens with two attached hydrogens (primary N) is 1. The normalized spacial score (nSPS) is 32.8. The lowest BCUT2D eigenvalue weighted by Gasteiger charge is -2.47. The first-order valence-corrected chi connectivity index (χ1v) is 26.0. The van der Waals surface area contributed by atoms with Gasteiger partial charge in [0.25, 0.3) is 0 Å². The largest absolute Gasteiger partial charge is 0.508 e. The molecule has 8 N–H and O–H groups in total. The Kier molecular flexibility index (Phi) is 13.3. The third-order valence-electron chi connectivity index (χ3n) is 17.6. The molecule has 2 saturated carbocycles. The van der Waals surface area contributed by atoms with E-state index in [1.165, 1.54) is 0 Å². The maximum Gasteiger partial charge on any atom is 0.188 e. The number of rotatable bonds is 5. The maximum absolute atomic E-state index is 12.3. The van der Waals surface area contributed by atoms with E-state index in [0.29, 0.717) is 85.1 Å². The van der Waals surface area contributed by atoms with E-state index in [1.807, 2.05) is 18.2 Å². The number of aliphatic hydroxyl groups excluding tert-OH is 3. The van der Waals surface area contributed by atoms with Crippen LogP contribution in [0.2, 0.25) is 0 Å². The zero-order valence-corrected chi connectivity index (χ0v) is 40.6. The standard InChI is InChI=1S/C57H75N3O8/c1-5-32-19-35-11-10-34(32)20-41(62)27-57(16-6-7-17-57)30-60-56(58)59-28-37-12-8-33-9-13-38(29-61)51(37)55(33)68-49-24-36(14-15-45(49)63)54-47(65)25-44-48(67-54)26-50(66-4)53-43-22-40(18-31(2)3)46(64)23-39(43)21-42(35)52(44)53/h8,10-12,14-15,22-24,26,31-35,37-38,41-42,47,51,54-55,61-65H,5-7,9,13,16-21,25,27-30H2,1-4H3,(H3,58,59,60). The minimum atomic E-state index is -0.910. The van der Waals surface area contributed by atoms with Gasteiger partial charge in [-0.3, -0.25) is 4.99 Å². The van der Waals surface area contributed by atoms with Crippen LogP contribution < -0.4 is 25.3 Å². The molecule has 5 heterocycles. The molecule has 10 aliphatic rings. The molecule has 12 atom stereocenters. The van der Waals surface area contributed by atoms with Gasteiger partial charge in [0.15, 0.2) is 17.5 Å². The van der Waals surface area contributed by atoms with Crippen molar-refractivity contribution in [2.45, 2.75) is 135 Å². The third kappa shape index (κ3) is 8.89. The fraction of sp³-hybridized carbons (Fsp3) is 0.596. The van der Waals surface area contributed by atoms with Crippen LogP contribution in [0.15, 0.2) is 65.7 Å². The Hall–Kier alpha value is -4.71. The Morgan fingerprint density at radius 1 is 0.882 bits per heavy atom. The van der Waals surface area contributed by atoms with Crippen molar-refractivity contribution < 1.29 is 39.7 Å². The summed E-state index contributed by atoms with van der Waals surface area (Å²) in [6, 6.07) is 11.4. The van der Waals surface area contributed by atoms with E-state index in [2.05, 4.69) is 56.5 Å². The van der Waals surface area contributed by atoms with Crippen molar-refractivity contribution in [2.24, 2.45) is 63.5 Å². The number of nitrogens with one attached hydrogen (secondary N) is 1. The summed E-state index contributed by atoms with van der Waals surface area (Å²) in [5.41, 5.74) is 13.4. The minimum absolute atomic E-state index is 0.00562. The molecule has 3 aromatic carbocycles. The van der Waals surface area contributed by atoms with Crippen molar-refractivity contribution in [3.05, 3.63) is 88.5 Å². The fourth-order valence-electron chi connectivity index (χ4n) is 14.2. The predicted octanol–water partition coefficient (Wildman–Crippen LogP) is 9.05. The van der Waals surface area contributed by atoms with Crippen LogP contribution >= 0.6 is 0 Å². The smallest absolute Gasteiger partial charge is 0.188 e. The average Bonchev–Trinajstić information content (AvgIpc) is 3.78. The van der Waals surface area contributed by atoms with Crippen LogP contribution in [-0.2, 0) is 19.3 Å². The second kappa shape index (κ2) is 19.2. The number of guanidine groups is 1. The number of phenols is 2. The molecule has 13 rings (SSSR count). The lowest BCUT2D eigenvalue weighted by atomic mass is 9.63. The summed E-state index contributed by atoms with van der Waals surface area (Å²) in [4.78, 5) is 4.96. The number of nitrogens with zero attached hydrogens (tertiary/aromatic N) is 1. The van der Waals surface area contributed by atoms with Crippen LogP contribution in [0.1, 0.15) is 125 Å². The van der Waals surface area contributed by atoms with Gasteiger partial charge >= 0.3 is 0 Å². The Morgan fingerprint density at radius 2 is 1.66 bits per heavy atom. The lowest BCUT2D eigenvalue weighted by molar-refractivity contribution is -0.0269. The highest BCUT2D eigenvalue weighted by molar-refractivity contribution is 5.84. The van der Waals surface area contributed by atoms with E-state index in [9.17, 15) is 25.5 Å². The van der Waals surface area contributed by atoms with Gasteiger partial charge in [-0.15, -0.1) is 0 Å². The molecule has 68 heavy (non-hydrogen) atoms. The molecule has 1 spiro atoms. The first-order chi connectivity index (χ1) is 32.8. The quantitative estimate of drug-likeness (QED) is 0.122. The predicted molar refractivity (Wildman–Crippen MR) is 265 cm³/mol. The molecule has 0 radical (unpaired) electrons. The van der Waals surface area contributed by atoms with E-state index < -0.39 is 18.3 Å². The van der Waals surface area contributed by atoms with Crippen molar-refractivity contribution in [2.75, 3.05) is 26.8 Å². The van der Waals surface area contributed by atoms with Crippen LogP contribution in [0.25, 0.3) is 11.1 Å². The Balaban J connectivity index is 1.08. The summed E-state index contributed by atoms with van der Waals surface area (Å²) in [6.45, 7) is 7.73. The van der Waals surface area contributed by atoms with E-state index in [1.54, 1.807) is 19.2 Å². The second-order valence-corrected chi connectivity index (χ2v) is 22.3. The number of hydrogen-bond donors (Lipinski definition) is 7. The number of benzene rings is 3. The van der Waals surface area contributed by atoms with Gasteiger partial charge in [-0.25, -0.2) is 0 Å². The Labute approximate surface area is 402 Å². The first kappa shape index (κ1) is 47.0. The summed E-state index contributed by atoms with van der Waals surface area (Å²) in [5.74, 6) is 3.56. The number of aliphatic imine (C=N–C) groups is 1. The summed E-state index contributed by atoms with van der Waals surface area (Å²) >= 11 is 0. The number of ether oxygens (including phenoxy) is 3. The molecule has 5 aliphatic heterocycles. The van der Waals surface area contributed by atoms with Crippen LogP contribution in [-0.4, -0.2) is 76.6 Å². The number of aromatic hydroxyl groups is 2. The summed E-state index contributed by atoms with van der Waals surface area (Å²) in [5, 5.41) is 61.3. The highest BCUT2D eigenvalue weighted by Gasteiger charge is 2.47. The Bertz CT molecular complexity index is 2420. The minimum Gasteiger partial charge on any atom is -0.508 e. The van der Waals surface area contributed by atoms with Gasteiger partial charge < -0.3 is 50.8 Å². The van der Waals surface area contributed by atoms with E-state index in [0.717, 1.165) is 91.2 Å². The molecule has 12 bridgehead atoms. The van der Waals surface area contributed by atoms with Gasteiger partial charge in [0.1, 0.15) is 29.5 Å². The van der Waals surface area contributed by atoms with Crippen molar-refractivity contribution >= 4 is 5.96 Å². The monoisotopic (exact) mass is 930 g/mol. The molecule has 0 aromatic heterocycles. The number of allylic oxidation sites excluding steroid dienone is 2. The van der Waals surface area contributed by atoms with E-state index >= 15 is 0 Å². The highest BCUT2D eigenvalue weighted by Crippen LogP contribution is 2.57. The molecular formula is C57H75N3O8. The molecule has 0 saturated heterocycles. The number of methoxy groups -OCH3 is 1. The number of phenolic OH excluding ortho intramolecular Hbond substituents is 2. The van der Waals surface area contributed by atoms with Crippen molar-refractivity contribution in [1.29, 1.82) is 0 Å². The van der Waals surface area contributed by atoms with Crippen LogP contribution in [0.3, 0.4) is 0 Å². The van der Waals surface area contributed by atoms with Gasteiger partial charge in [-0.2, -0.15) is 0 Å². The first-order valence-electron chi connectivity index (χ1n) is 26.0. The van der Waals surface area contributed by atoms with Gasteiger partial charge in [0.2, 0.25) is 0 Å². The van der Waals surface area contributed by atoms with E-state index in [-0.39, 0.29) is 65.3 Å². The molecule has 366 valence electrons.